The minimum atomic E-state index is -0.777. The van der Waals surface area contributed by atoms with Crippen molar-refractivity contribution in [1.29, 1.82) is 0 Å². The fourth-order valence-electron chi connectivity index (χ4n) is 1.35. The minimum absolute atomic E-state index is 0.101. The van der Waals surface area contributed by atoms with Crippen LogP contribution in [0.15, 0.2) is 10.6 Å². The van der Waals surface area contributed by atoms with Gasteiger partial charge in [0.25, 0.3) is 0 Å². The van der Waals surface area contributed by atoms with Crippen molar-refractivity contribution in [3.8, 4) is 0 Å². The molecule has 0 aliphatic heterocycles. The first-order chi connectivity index (χ1) is 6.50. The molecule has 4 nitrogen and oxygen atoms in total. The Morgan fingerprint density at radius 1 is 1.64 bits per heavy atom. The summed E-state index contributed by atoms with van der Waals surface area (Å²) in [5.74, 6) is -0.349. The Morgan fingerprint density at radius 3 is 2.64 bits per heavy atom. The topological polar surface area (TPSA) is 63.3 Å². The van der Waals surface area contributed by atoms with E-state index in [1.54, 1.807) is 13.0 Å². The Kier molecular flexibility index (Phi) is 3.28. The van der Waals surface area contributed by atoms with E-state index in [0.29, 0.717) is 17.9 Å². The second-order valence-corrected chi connectivity index (χ2v) is 3.82. The van der Waals surface area contributed by atoms with Crippen molar-refractivity contribution in [1.82, 2.24) is 5.16 Å². The summed E-state index contributed by atoms with van der Waals surface area (Å²) < 4.78 is 4.88. The molecule has 0 spiro atoms. The number of aryl methyl sites for hydroxylation is 1. The van der Waals surface area contributed by atoms with Crippen LogP contribution in [0.4, 0.5) is 0 Å². The third kappa shape index (κ3) is 2.58. The second-order valence-electron chi connectivity index (χ2n) is 3.82. The highest BCUT2D eigenvalue weighted by atomic mass is 16.5. The smallest absolute Gasteiger partial charge is 0.307 e. The molecule has 1 heterocycles. The predicted octanol–water partition coefficient (Wildman–Crippen LogP) is 1.88. The monoisotopic (exact) mass is 197 g/mol. The molecule has 0 aromatic carbocycles. The summed E-state index contributed by atoms with van der Waals surface area (Å²) in [6.07, 6.45) is 0.435. The molecule has 78 valence electrons. The van der Waals surface area contributed by atoms with Gasteiger partial charge in [-0.15, -0.1) is 0 Å². The number of hydrogen-bond acceptors (Lipinski definition) is 3. The normalized spacial score (nSPS) is 13.1. The lowest BCUT2D eigenvalue weighted by Gasteiger charge is -2.13. The van der Waals surface area contributed by atoms with Gasteiger partial charge in [0.2, 0.25) is 0 Å². The Hall–Kier alpha value is -1.32. The highest BCUT2D eigenvalue weighted by Gasteiger charge is 2.23. The van der Waals surface area contributed by atoms with Crippen LogP contribution in [0.1, 0.15) is 25.3 Å². The Morgan fingerprint density at radius 2 is 2.29 bits per heavy atom. The third-order valence-electron chi connectivity index (χ3n) is 2.23. The van der Waals surface area contributed by atoms with Crippen molar-refractivity contribution >= 4 is 5.97 Å². The van der Waals surface area contributed by atoms with E-state index < -0.39 is 5.97 Å². The molecule has 0 saturated carbocycles. The van der Waals surface area contributed by atoms with Gasteiger partial charge in [0.1, 0.15) is 5.76 Å². The zero-order valence-corrected chi connectivity index (χ0v) is 8.65. The molecule has 0 aliphatic carbocycles. The van der Waals surface area contributed by atoms with Crippen LogP contribution in [0.25, 0.3) is 0 Å². The van der Waals surface area contributed by atoms with E-state index in [9.17, 15) is 4.79 Å². The third-order valence-corrected chi connectivity index (χ3v) is 2.23. The van der Waals surface area contributed by atoms with Gasteiger partial charge >= 0.3 is 5.97 Å². The van der Waals surface area contributed by atoms with E-state index in [1.165, 1.54) is 0 Å². The zero-order chi connectivity index (χ0) is 10.7. The molecular weight excluding hydrogens is 182 g/mol. The fraction of sp³-hybridized carbons (Fsp3) is 0.600. The SMILES string of the molecule is Cc1cc(CC(C(=O)O)C(C)C)no1. The van der Waals surface area contributed by atoms with Crippen LogP contribution in [0.2, 0.25) is 0 Å². The maximum absolute atomic E-state index is 10.9. The molecule has 0 bridgehead atoms. The van der Waals surface area contributed by atoms with Crippen LogP contribution in [0, 0.1) is 18.8 Å². The minimum Gasteiger partial charge on any atom is -0.481 e. The number of rotatable bonds is 4. The Bertz CT molecular complexity index is 317. The zero-order valence-electron chi connectivity index (χ0n) is 8.65. The first kappa shape index (κ1) is 10.8. The summed E-state index contributed by atoms with van der Waals surface area (Å²) in [6.45, 7) is 5.58. The highest BCUT2D eigenvalue weighted by Crippen LogP contribution is 2.17. The number of carbonyl (C=O) groups is 1. The van der Waals surface area contributed by atoms with Crippen LogP contribution in [-0.2, 0) is 11.2 Å². The number of nitrogens with zero attached hydrogens (tertiary/aromatic N) is 1. The van der Waals surface area contributed by atoms with Crippen molar-refractivity contribution in [3.63, 3.8) is 0 Å². The van der Waals surface area contributed by atoms with Gasteiger partial charge in [0, 0.05) is 12.5 Å². The van der Waals surface area contributed by atoms with Gasteiger partial charge in [0.05, 0.1) is 11.6 Å². The molecule has 1 atom stereocenters. The van der Waals surface area contributed by atoms with Crippen molar-refractivity contribution in [2.24, 2.45) is 11.8 Å². The number of aliphatic carboxylic acids is 1. The van der Waals surface area contributed by atoms with Crippen LogP contribution in [0.3, 0.4) is 0 Å². The molecule has 1 aromatic heterocycles. The summed E-state index contributed by atoms with van der Waals surface area (Å²) in [5.41, 5.74) is 0.712. The van der Waals surface area contributed by atoms with Crippen molar-refractivity contribution in [2.75, 3.05) is 0 Å². The van der Waals surface area contributed by atoms with E-state index in [4.69, 9.17) is 9.63 Å². The summed E-state index contributed by atoms with van der Waals surface area (Å²) in [7, 11) is 0. The number of aromatic nitrogens is 1. The number of carboxylic acid groups (broad SMARTS) is 1. The van der Waals surface area contributed by atoms with Crippen LogP contribution >= 0.6 is 0 Å². The first-order valence-electron chi connectivity index (χ1n) is 4.65. The van der Waals surface area contributed by atoms with E-state index in [1.807, 2.05) is 13.8 Å². The lowest BCUT2D eigenvalue weighted by atomic mass is 9.91. The van der Waals surface area contributed by atoms with Crippen molar-refractivity contribution in [2.45, 2.75) is 27.2 Å². The molecule has 1 unspecified atom stereocenters. The molecule has 4 heteroatoms. The predicted molar refractivity (Wildman–Crippen MR) is 50.9 cm³/mol. The molecular formula is C10H15NO3. The number of hydrogen-bond donors (Lipinski definition) is 1. The average molecular weight is 197 g/mol. The molecule has 1 aromatic rings. The van der Waals surface area contributed by atoms with Gasteiger partial charge in [0.15, 0.2) is 0 Å². The highest BCUT2D eigenvalue weighted by molar-refractivity contribution is 5.70. The van der Waals surface area contributed by atoms with Gasteiger partial charge in [-0.3, -0.25) is 4.79 Å². The molecule has 0 aliphatic rings. The van der Waals surface area contributed by atoms with Gasteiger partial charge < -0.3 is 9.63 Å². The summed E-state index contributed by atoms with van der Waals surface area (Å²) in [4.78, 5) is 10.9. The van der Waals surface area contributed by atoms with E-state index in [2.05, 4.69) is 5.16 Å². The Labute approximate surface area is 82.9 Å². The van der Waals surface area contributed by atoms with E-state index in [-0.39, 0.29) is 11.8 Å². The van der Waals surface area contributed by atoms with Crippen LogP contribution in [-0.4, -0.2) is 16.2 Å². The quantitative estimate of drug-likeness (QED) is 0.800. The van der Waals surface area contributed by atoms with Gasteiger partial charge in [-0.25, -0.2) is 0 Å². The largest absolute Gasteiger partial charge is 0.481 e. The second kappa shape index (κ2) is 4.26. The summed E-state index contributed by atoms with van der Waals surface area (Å²) >= 11 is 0. The molecule has 0 fully saturated rings. The molecule has 1 N–H and O–H groups in total. The van der Waals surface area contributed by atoms with E-state index in [0.717, 1.165) is 0 Å². The van der Waals surface area contributed by atoms with Crippen LogP contribution < -0.4 is 0 Å². The lowest BCUT2D eigenvalue weighted by molar-refractivity contribution is -0.143. The van der Waals surface area contributed by atoms with Gasteiger partial charge in [-0.1, -0.05) is 19.0 Å². The maximum Gasteiger partial charge on any atom is 0.307 e. The first-order valence-corrected chi connectivity index (χ1v) is 4.65. The van der Waals surface area contributed by atoms with Crippen molar-refractivity contribution in [3.05, 3.63) is 17.5 Å². The van der Waals surface area contributed by atoms with Gasteiger partial charge in [-0.2, -0.15) is 0 Å². The Balaban J connectivity index is 2.69. The maximum atomic E-state index is 10.9. The summed E-state index contributed by atoms with van der Waals surface area (Å²) in [6, 6.07) is 1.78. The molecule has 14 heavy (non-hydrogen) atoms. The molecule has 0 radical (unpaired) electrons. The number of carboxylic acids is 1. The fourth-order valence-corrected chi connectivity index (χ4v) is 1.35. The average Bonchev–Trinajstić information content (AvgIpc) is 2.46. The molecule has 1 rings (SSSR count). The standard InChI is InChI=1S/C10H15NO3/c1-6(2)9(10(12)13)5-8-4-7(3)14-11-8/h4,6,9H,5H2,1-3H3,(H,12,13). The van der Waals surface area contributed by atoms with Crippen LogP contribution in [0.5, 0.6) is 0 Å². The summed E-state index contributed by atoms with van der Waals surface area (Å²) in [5, 5.41) is 12.7. The van der Waals surface area contributed by atoms with Crippen molar-refractivity contribution < 1.29 is 14.4 Å². The van der Waals surface area contributed by atoms with E-state index >= 15 is 0 Å². The molecule has 0 amide bonds. The van der Waals surface area contributed by atoms with Gasteiger partial charge in [-0.05, 0) is 12.8 Å². The lowest BCUT2D eigenvalue weighted by Crippen LogP contribution is -2.22. The molecule has 0 saturated heterocycles.